The van der Waals surface area contributed by atoms with Crippen molar-refractivity contribution >= 4 is 44.3 Å². The number of ether oxygens (including phenoxy) is 2. The molecule has 0 radical (unpaired) electrons. The van der Waals surface area contributed by atoms with Crippen LogP contribution in [0.15, 0.2) is 70.6 Å². The molecule has 2 aromatic heterocycles. The lowest BCUT2D eigenvalue weighted by Gasteiger charge is -2.37. The Bertz CT molecular complexity index is 1730. The van der Waals surface area contributed by atoms with Gasteiger partial charge in [-0.25, -0.2) is 13.2 Å². The summed E-state index contributed by atoms with van der Waals surface area (Å²) in [4.78, 5) is 35.2. The van der Waals surface area contributed by atoms with Crippen molar-refractivity contribution in [2.45, 2.75) is 17.9 Å². The molecule has 1 saturated heterocycles. The van der Waals surface area contributed by atoms with Crippen LogP contribution in [0.4, 0.5) is 5.69 Å². The first-order chi connectivity index (χ1) is 19.2. The maximum absolute atomic E-state index is 13.9. The van der Waals surface area contributed by atoms with E-state index in [-0.39, 0.29) is 27.6 Å². The first-order valence-corrected chi connectivity index (χ1v) is 14.3. The molecule has 1 aliphatic heterocycles. The number of carbonyl (C=O) groups is 1. The molecule has 11 nitrogen and oxygen atoms in total. The molecule has 0 N–H and O–H groups in total. The summed E-state index contributed by atoms with van der Waals surface area (Å²) < 4.78 is 40.2. The molecule has 1 amide bonds. The number of benzene rings is 2. The molecule has 40 heavy (non-hydrogen) atoms. The number of piperazine rings is 1. The average molecular weight is 586 g/mol. The van der Waals surface area contributed by atoms with Gasteiger partial charge in [0.05, 0.1) is 25.3 Å². The molecule has 1 unspecified atom stereocenters. The molecular weight excluding hydrogens is 558 g/mol. The third-order valence-electron chi connectivity index (χ3n) is 7.05. The Morgan fingerprint density at radius 2 is 1.65 bits per heavy atom. The molecule has 210 valence electrons. The summed E-state index contributed by atoms with van der Waals surface area (Å²) in [6, 6.07) is 11.5. The van der Waals surface area contributed by atoms with Gasteiger partial charge in [-0.1, -0.05) is 11.6 Å². The Morgan fingerprint density at radius 3 is 2.30 bits per heavy atom. The molecule has 13 heteroatoms. The molecule has 5 rings (SSSR count). The van der Waals surface area contributed by atoms with Gasteiger partial charge in [0, 0.05) is 55.3 Å². The maximum Gasteiger partial charge on any atom is 0.344 e. The first kappa shape index (κ1) is 27.5. The molecule has 2 aromatic carbocycles. The number of hydrogen-bond acceptors (Lipinski definition) is 8. The second-order valence-electron chi connectivity index (χ2n) is 9.27. The highest BCUT2D eigenvalue weighted by Gasteiger charge is 2.33. The van der Waals surface area contributed by atoms with Crippen LogP contribution in [0.5, 0.6) is 11.5 Å². The minimum Gasteiger partial charge on any atom is -0.497 e. The van der Waals surface area contributed by atoms with Crippen molar-refractivity contribution < 1.29 is 22.7 Å². The van der Waals surface area contributed by atoms with Gasteiger partial charge in [0.15, 0.2) is 0 Å². The number of pyridine rings is 1. The zero-order valence-electron chi connectivity index (χ0n) is 22.2. The van der Waals surface area contributed by atoms with E-state index in [0.717, 1.165) is 5.69 Å². The maximum atomic E-state index is 13.9. The summed E-state index contributed by atoms with van der Waals surface area (Å²) in [5.41, 5.74) is 0.453. The largest absolute Gasteiger partial charge is 0.497 e. The predicted molar refractivity (Wildman–Crippen MR) is 151 cm³/mol. The molecule has 1 atom stereocenters. The van der Waals surface area contributed by atoms with E-state index in [1.54, 1.807) is 24.2 Å². The Labute approximate surface area is 236 Å². The minimum absolute atomic E-state index is 0.0114. The van der Waals surface area contributed by atoms with E-state index in [1.165, 1.54) is 55.2 Å². The van der Waals surface area contributed by atoms with Crippen LogP contribution in [-0.2, 0) is 14.8 Å². The lowest BCUT2D eigenvalue weighted by molar-refractivity contribution is -0.134. The fraction of sp³-hybridized carbons (Fsp3) is 0.296. The van der Waals surface area contributed by atoms with E-state index in [9.17, 15) is 18.0 Å². The van der Waals surface area contributed by atoms with Crippen molar-refractivity contribution in [2.75, 3.05) is 45.3 Å². The summed E-state index contributed by atoms with van der Waals surface area (Å²) in [6.07, 6.45) is 3.44. The van der Waals surface area contributed by atoms with Crippen molar-refractivity contribution in [1.82, 2.24) is 18.4 Å². The predicted octanol–water partition coefficient (Wildman–Crippen LogP) is 3.02. The number of aromatic nitrogens is 3. The number of amides is 1. The minimum atomic E-state index is -4.45. The second kappa shape index (κ2) is 10.9. The molecule has 4 aromatic rings. The van der Waals surface area contributed by atoms with Gasteiger partial charge in [-0.3, -0.25) is 14.3 Å². The van der Waals surface area contributed by atoms with Crippen molar-refractivity contribution in [1.29, 1.82) is 0 Å². The van der Waals surface area contributed by atoms with Crippen molar-refractivity contribution in [3.05, 3.63) is 76.4 Å². The van der Waals surface area contributed by atoms with Gasteiger partial charge in [-0.2, -0.15) is 3.97 Å². The molecule has 3 heterocycles. The van der Waals surface area contributed by atoms with Crippen LogP contribution in [0.25, 0.3) is 11.0 Å². The van der Waals surface area contributed by atoms with E-state index in [4.69, 9.17) is 21.1 Å². The third-order valence-corrected chi connectivity index (χ3v) is 9.01. The van der Waals surface area contributed by atoms with Crippen LogP contribution < -0.4 is 20.1 Å². The number of nitrogens with zero attached hydrogens (tertiary/aromatic N) is 5. The third kappa shape index (κ3) is 4.77. The van der Waals surface area contributed by atoms with E-state index < -0.39 is 21.8 Å². The summed E-state index contributed by atoms with van der Waals surface area (Å²) in [6.45, 7) is 3.69. The van der Waals surface area contributed by atoms with Crippen molar-refractivity contribution in [3.63, 3.8) is 0 Å². The smallest absolute Gasteiger partial charge is 0.344 e. The highest BCUT2D eigenvalue weighted by Crippen LogP contribution is 2.32. The van der Waals surface area contributed by atoms with Crippen LogP contribution in [-0.4, -0.2) is 73.1 Å². The van der Waals surface area contributed by atoms with Crippen LogP contribution in [0.3, 0.4) is 0 Å². The van der Waals surface area contributed by atoms with Gasteiger partial charge in [0.25, 0.3) is 10.0 Å². The number of anilines is 1. The topological polar surface area (TPSA) is 116 Å². The van der Waals surface area contributed by atoms with Gasteiger partial charge in [-0.15, -0.1) is 0 Å². The first-order valence-electron chi connectivity index (χ1n) is 12.5. The number of hydrogen-bond donors (Lipinski definition) is 0. The zero-order valence-corrected chi connectivity index (χ0v) is 23.7. The number of methoxy groups -OCH3 is 2. The fourth-order valence-electron chi connectivity index (χ4n) is 4.97. The van der Waals surface area contributed by atoms with Gasteiger partial charge in [0.1, 0.15) is 22.4 Å². The molecular formula is C27H28ClN5O6S. The number of fused-ring (bicyclic) bond motifs is 1. The molecule has 1 fully saturated rings. The summed E-state index contributed by atoms with van der Waals surface area (Å²) >= 11 is 6.26. The SMILES string of the molecule is COc1ccc(S(=O)(=O)n2c(=O)n(C(C)C(=O)N3CCN(c4ccncc4)CC3)c3cc(Cl)ccc32)c(OC)c1. The van der Waals surface area contributed by atoms with Gasteiger partial charge < -0.3 is 19.3 Å². The van der Waals surface area contributed by atoms with E-state index in [0.29, 0.717) is 40.9 Å². The van der Waals surface area contributed by atoms with Crippen molar-refractivity contribution in [2.24, 2.45) is 0 Å². The Morgan fingerprint density at radius 1 is 0.950 bits per heavy atom. The monoisotopic (exact) mass is 585 g/mol. The van der Waals surface area contributed by atoms with Crippen LogP contribution in [0.1, 0.15) is 13.0 Å². The number of halogens is 1. The van der Waals surface area contributed by atoms with Crippen molar-refractivity contribution in [3.8, 4) is 11.5 Å². The summed E-state index contributed by atoms with van der Waals surface area (Å²) in [7, 11) is -1.68. The Hall–Kier alpha value is -4.03. The molecule has 0 spiro atoms. The zero-order chi connectivity index (χ0) is 28.6. The van der Waals surface area contributed by atoms with Crippen LogP contribution in [0, 0.1) is 0 Å². The lowest BCUT2D eigenvalue weighted by Crippen LogP contribution is -2.51. The molecule has 1 aliphatic rings. The van der Waals surface area contributed by atoms with E-state index in [1.807, 2.05) is 12.1 Å². The fourth-order valence-corrected chi connectivity index (χ4v) is 6.68. The van der Waals surface area contributed by atoms with E-state index >= 15 is 0 Å². The number of imidazole rings is 1. The highest BCUT2D eigenvalue weighted by atomic mass is 35.5. The lowest BCUT2D eigenvalue weighted by atomic mass is 10.2. The molecule has 0 bridgehead atoms. The Kier molecular flexibility index (Phi) is 7.47. The number of rotatable bonds is 7. The number of carbonyl (C=O) groups excluding carboxylic acids is 1. The van der Waals surface area contributed by atoms with Gasteiger partial charge in [-0.05, 0) is 49.4 Å². The average Bonchev–Trinajstić information content (AvgIpc) is 3.27. The van der Waals surface area contributed by atoms with E-state index in [2.05, 4.69) is 9.88 Å². The standard InChI is InChI=1S/C27H28ClN5O6S/c1-18(26(34)31-14-12-30(13-15-31)20-8-10-29-11-9-20)32-23-16-19(28)4-6-22(23)33(27(32)35)40(36,37)25-7-5-21(38-2)17-24(25)39-3/h4-11,16-18H,12-15H2,1-3H3. The highest BCUT2D eigenvalue weighted by molar-refractivity contribution is 7.90. The second-order valence-corrected chi connectivity index (χ2v) is 11.5. The van der Waals surface area contributed by atoms with Gasteiger partial charge in [0.2, 0.25) is 5.91 Å². The summed E-state index contributed by atoms with van der Waals surface area (Å²) in [5.74, 6) is 0.104. The summed E-state index contributed by atoms with van der Waals surface area (Å²) in [5, 5.41) is 0.295. The van der Waals surface area contributed by atoms with Crippen LogP contribution >= 0.6 is 11.6 Å². The van der Waals surface area contributed by atoms with Gasteiger partial charge >= 0.3 is 5.69 Å². The van der Waals surface area contributed by atoms with Crippen LogP contribution in [0.2, 0.25) is 5.02 Å². The molecule has 0 saturated carbocycles. The molecule has 0 aliphatic carbocycles. The normalized spacial score (nSPS) is 14.8. The quantitative estimate of drug-likeness (QED) is 0.325. The Balaban J connectivity index is 1.53.